The fourth-order valence-corrected chi connectivity index (χ4v) is 1.34. The van der Waals surface area contributed by atoms with Crippen LogP contribution in [0.3, 0.4) is 0 Å². The van der Waals surface area contributed by atoms with E-state index in [-0.39, 0.29) is 6.03 Å². The quantitative estimate of drug-likeness (QED) is 0.788. The van der Waals surface area contributed by atoms with E-state index in [1.807, 2.05) is 18.2 Å². The van der Waals surface area contributed by atoms with Crippen molar-refractivity contribution in [2.45, 2.75) is 13.0 Å². The second-order valence-corrected chi connectivity index (χ2v) is 3.58. The summed E-state index contributed by atoms with van der Waals surface area (Å²) < 4.78 is 0. The fourth-order valence-electron chi connectivity index (χ4n) is 1.12. The van der Waals surface area contributed by atoms with Gasteiger partial charge in [0.1, 0.15) is 0 Å². The molecule has 0 unspecified atom stereocenters. The molecule has 0 saturated heterocycles. The number of nitrogens with one attached hydrogen (secondary N) is 2. The van der Waals surface area contributed by atoms with Crippen LogP contribution in [-0.4, -0.2) is 12.6 Å². The van der Waals surface area contributed by atoms with Crippen LogP contribution in [-0.2, 0) is 6.54 Å². The van der Waals surface area contributed by atoms with E-state index in [4.69, 9.17) is 16.9 Å². The standard InChI is InChI=1S/C11H12ClN3O/c12-10-4-1-3-9(7-10)8-15-11(16)14-6-2-5-13/h1,3-4,7H,2,6,8H2,(H2,14,15,16). The normalized spacial score (nSPS) is 9.25. The van der Waals surface area contributed by atoms with Crippen LogP contribution in [0.2, 0.25) is 5.02 Å². The van der Waals surface area contributed by atoms with Crippen molar-refractivity contribution in [3.8, 4) is 6.07 Å². The fraction of sp³-hybridized carbons (Fsp3) is 0.273. The van der Waals surface area contributed by atoms with Crippen LogP contribution < -0.4 is 10.6 Å². The van der Waals surface area contributed by atoms with Gasteiger partial charge in [0.15, 0.2) is 0 Å². The Hall–Kier alpha value is -1.73. The topological polar surface area (TPSA) is 64.9 Å². The van der Waals surface area contributed by atoms with E-state index < -0.39 is 0 Å². The Balaban J connectivity index is 2.29. The lowest BCUT2D eigenvalue weighted by Crippen LogP contribution is -2.35. The molecule has 4 nitrogen and oxygen atoms in total. The summed E-state index contributed by atoms with van der Waals surface area (Å²) in [6, 6.07) is 8.93. The van der Waals surface area contributed by atoms with Crippen molar-refractivity contribution in [3.63, 3.8) is 0 Å². The second kappa shape index (κ2) is 6.70. The highest BCUT2D eigenvalue weighted by Crippen LogP contribution is 2.09. The molecule has 0 aromatic heterocycles. The summed E-state index contributed by atoms with van der Waals surface area (Å²) in [6.07, 6.45) is 0.310. The van der Waals surface area contributed by atoms with Gasteiger partial charge in [0.05, 0.1) is 12.5 Å². The van der Waals surface area contributed by atoms with Crippen LogP contribution in [0.4, 0.5) is 4.79 Å². The summed E-state index contributed by atoms with van der Waals surface area (Å²) in [5, 5.41) is 14.2. The number of nitrogens with zero attached hydrogens (tertiary/aromatic N) is 1. The number of rotatable bonds is 4. The highest BCUT2D eigenvalue weighted by molar-refractivity contribution is 6.30. The Bertz CT molecular complexity index is 400. The van der Waals surface area contributed by atoms with Crippen LogP contribution >= 0.6 is 11.6 Å². The molecule has 0 atom stereocenters. The molecule has 5 heteroatoms. The van der Waals surface area contributed by atoms with Crippen molar-refractivity contribution in [2.24, 2.45) is 0 Å². The first-order chi connectivity index (χ1) is 7.72. The van der Waals surface area contributed by atoms with Crippen molar-refractivity contribution >= 4 is 17.6 Å². The minimum absolute atomic E-state index is 0.282. The zero-order valence-electron chi connectivity index (χ0n) is 8.66. The first kappa shape index (κ1) is 12.3. The number of carbonyl (C=O) groups is 1. The van der Waals surface area contributed by atoms with Gasteiger partial charge in [0.25, 0.3) is 0 Å². The zero-order valence-corrected chi connectivity index (χ0v) is 9.42. The molecule has 16 heavy (non-hydrogen) atoms. The van der Waals surface area contributed by atoms with Gasteiger partial charge in [0, 0.05) is 18.1 Å². The molecule has 0 radical (unpaired) electrons. The number of hydrogen-bond donors (Lipinski definition) is 2. The van der Waals surface area contributed by atoms with Crippen molar-refractivity contribution in [1.29, 1.82) is 5.26 Å². The molecule has 0 aliphatic carbocycles. The molecule has 0 spiro atoms. The van der Waals surface area contributed by atoms with E-state index in [0.29, 0.717) is 24.5 Å². The van der Waals surface area contributed by atoms with E-state index in [9.17, 15) is 4.79 Å². The molecular formula is C11H12ClN3O. The van der Waals surface area contributed by atoms with E-state index in [1.165, 1.54) is 0 Å². The van der Waals surface area contributed by atoms with E-state index in [1.54, 1.807) is 12.1 Å². The third-order valence-corrected chi connectivity index (χ3v) is 2.10. The maximum Gasteiger partial charge on any atom is 0.315 e. The number of amides is 2. The molecule has 0 aliphatic rings. The highest BCUT2D eigenvalue weighted by atomic mass is 35.5. The largest absolute Gasteiger partial charge is 0.337 e. The predicted molar refractivity (Wildman–Crippen MR) is 61.9 cm³/mol. The van der Waals surface area contributed by atoms with Crippen LogP contribution in [0.5, 0.6) is 0 Å². The Kier molecular flexibility index (Phi) is 5.17. The van der Waals surface area contributed by atoms with Crippen LogP contribution in [0.1, 0.15) is 12.0 Å². The summed E-state index contributed by atoms with van der Waals surface area (Å²) in [4.78, 5) is 11.2. The lowest BCUT2D eigenvalue weighted by molar-refractivity contribution is 0.240. The van der Waals surface area contributed by atoms with Crippen LogP contribution in [0.25, 0.3) is 0 Å². The summed E-state index contributed by atoms with van der Waals surface area (Å²) in [5.41, 5.74) is 0.933. The molecule has 1 rings (SSSR count). The van der Waals surface area contributed by atoms with Crippen molar-refractivity contribution in [1.82, 2.24) is 10.6 Å². The number of nitriles is 1. The summed E-state index contributed by atoms with van der Waals surface area (Å²) in [7, 11) is 0. The molecule has 0 fully saturated rings. The second-order valence-electron chi connectivity index (χ2n) is 3.15. The lowest BCUT2D eigenvalue weighted by Gasteiger charge is -2.06. The molecule has 0 heterocycles. The van der Waals surface area contributed by atoms with Gasteiger partial charge in [-0.2, -0.15) is 5.26 Å². The van der Waals surface area contributed by atoms with E-state index in [0.717, 1.165) is 5.56 Å². The van der Waals surface area contributed by atoms with Gasteiger partial charge in [-0.05, 0) is 17.7 Å². The molecule has 2 N–H and O–H groups in total. The first-order valence-corrected chi connectivity index (χ1v) is 5.23. The van der Waals surface area contributed by atoms with E-state index in [2.05, 4.69) is 10.6 Å². The van der Waals surface area contributed by atoms with E-state index >= 15 is 0 Å². The summed E-state index contributed by atoms with van der Waals surface area (Å²) >= 11 is 5.80. The van der Waals surface area contributed by atoms with Crippen LogP contribution in [0.15, 0.2) is 24.3 Å². The average molecular weight is 238 g/mol. The van der Waals surface area contributed by atoms with Gasteiger partial charge in [-0.3, -0.25) is 0 Å². The van der Waals surface area contributed by atoms with Gasteiger partial charge >= 0.3 is 6.03 Å². The van der Waals surface area contributed by atoms with Gasteiger partial charge in [0.2, 0.25) is 0 Å². The SMILES string of the molecule is N#CCCNC(=O)NCc1cccc(Cl)c1. The first-order valence-electron chi connectivity index (χ1n) is 4.85. The molecule has 2 amide bonds. The van der Waals surface area contributed by atoms with Gasteiger partial charge in [-0.1, -0.05) is 23.7 Å². The molecule has 84 valence electrons. The minimum Gasteiger partial charge on any atom is -0.337 e. The Morgan fingerprint density at radius 1 is 1.44 bits per heavy atom. The Morgan fingerprint density at radius 2 is 2.25 bits per heavy atom. The number of carbonyl (C=O) groups excluding carboxylic acids is 1. The number of urea groups is 1. The third kappa shape index (κ3) is 4.67. The van der Waals surface area contributed by atoms with Crippen molar-refractivity contribution in [2.75, 3.05) is 6.54 Å². The molecule has 1 aromatic carbocycles. The molecule has 0 bridgehead atoms. The molecule has 0 saturated carbocycles. The maximum absolute atomic E-state index is 11.2. The zero-order chi connectivity index (χ0) is 11.8. The monoisotopic (exact) mass is 237 g/mol. The summed E-state index contributed by atoms with van der Waals surface area (Å²) in [5.74, 6) is 0. The lowest BCUT2D eigenvalue weighted by atomic mass is 10.2. The minimum atomic E-state index is -0.282. The smallest absolute Gasteiger partial charge is 0.315 e. The third-order valence-electron chi connectivity index (χ3n) is 1.86. The molecule has 0 aliphatic heterocycles. The van der Waals surface area contributed by atoms with Gasteiger partial charge in [-0.15, -0.1) is 0 Å². The van der Waals surface area contributed by atoms with Crippen LogP contribution in [0, 0.1) is 11.3 Å². The highest BCUT2D eigenvalue weighted by Gasteiger charge is 1.99. The molecule has 1 aromatic rings. The van der Waals surface area contributed by atoms with Gasteiger partial charge < -0.3 is 10.6 Å². The number of benzene rings is 1. The van der Waals surface area contributed by atoms with Gasteiger partial charge in [-0.25, -0.2) is 4.79 Å². The maximum atomic E-state index is 11.2. The van der Waals surface area contributed by atoms with Crippen molar-refractivity contribution in [3.05, 3.63) is 34.9 Å². The Labute approximate surface area is 99.2 Å². The predicted octanol–water partition coefficient (Wildman–Crippen LogP) is 2.05. The summed E-state index contributed by atoms with van der Waals surface area (Å²) in [6.45, 7) is 0.775. The van der Waals surface area contributed by atoms with Crippen molar-refractivity contribution < 1.29 is 4.79 Å². The average Bonchev–Trinajstić information content (AvgIpc) is 2.27. The number of hydrogen-bond acceptors (Lipinski definition) is 2. The Morgan fingerprint density at radius 3 is 2.94 bits per heavy atom. The molecular weight excluding hydrogens is 226 g/mol. The number of halogens is 1.